The van der Waals surface area contributed by atoms with Gasteiger partial charge in [0.15, 0.2) is 0 Å². The molecule has 4 rings (SSSR count). The zero-order chi connectivity index (χ0) is 31.5. The number of carbonyl (C=O) groups excluding carboxylic acids is 2. The first-order valence-corrected chi connectivity index (χ1v) is 16.7. The number of nitrogens with one attached hydrogen (secondary N) is 1. The fraction of sp³-hybridized carbons (Fsp3) is 0.412. The molecule has 8 nitrogen and oxygen atoms in total. The average Bonchev–Trinajstić information content (AvgIpc) is 3.57. The first-order valence-electron chi connectivity index (χ1n) is 15.2. The van der Waals surface area contributed by atoms with Crippen molar-refractivity contribution in [1.29, 1.82) is 0 Å². The van der Waals surface area contributed by atoms with Gasteiger partial charge < -0.3 is 15.0 Å². The number of sulfonamides is 1. The van der Waals surface area contributed by atoms with Gasteiger partial charge in [-0.15, -0.1) is 0 Å². The van der Waals surface area contributed by atoms with Crippen molar-refractivity contribution < 1.29 is 27.1 Å². The minimum Gasteiger partial charge on any atom is -0.379 e. The van der Waals surface area contributed by atoms with Gasteiger partial charge in [0.25, 0.3) is 0 Å². The molecule has 10 heteroatoms. The summed E-state index contributed by atoms with van der Waals surface area (Å²) in [6.07, 6.45) is 2.90. The number of aryl methyl sites for hydroxylation is 1. The quantitative estimate of drug-likeness (QED) is 0.234. The lowest BCUT2D eigenvalue weighted by atomic mass is 10.0. The van der Waals surface area contributed by atoms with E-state index in [0.29, 0.717) is 50.2 Å². The van der Waals surface area contributed by atoms with Gasteiger partial charge in [0.2, 0.25) is 21.8 Å². The summed E-state index contributed by atoms with van der Waals surface area (Å²) < 4.78 is 46.6. The predicted molar refractivity (Wildman–Crippen MR) is 168 cm³/mol. The van der Waals surface area contributed by atoms with Crippen molar-refractivity contribution >= 4 is 21.8 Å². The predicted octanol–water partition coefficient (Wildman–Crippen LogP) is 5.24. The molecule has 1 N–H and O–H groups in total. The van der Waals surface area contributed by atoms with E-state index in [-0.39, 0.29) is 41.6 Å². The second-order valence-electron chi connectivity index (χ2n) is 11.3. The molecule has 0 bridgehead atoms. The van der Waals surface area contributed by atoms with Crippen molar-refractivity contribution in [3.63, 3.8) is 0 Å². The highest BCUT2D eigenvalue weighted by Gasteiger charge is 2.31. The van der Waals surface area contributed by atoms with Gasteiger partial charge in [-0.2, -0.15) is 4.31 Å². The summed E-state index contributed by atoms with van der Waals surface area (Å²) in [5.74, 6) is -0.953. The molecule has 1 unspecified atom stereocenters. The number of hydrogen-bond acceptors (Lipinski definition) is 5. The Hall–Kier alpha value is -3.60. The van der Waals surface area contributed by atoms with Crippen molar-refractivity contribution in [2.45, 2.75) is 69.5 Å². The molecule has 0 spiro atoms. The lowest BCUT2D eigenvalue weighted by molar-refractivity contribution is -0.141. The fourth-order valence-electron chi connectivity index (χ4n) is 5.22. The van der Waals surface area contributed by atoms with Gasteiger partial charge in [0.05, 0.1) is 11.0 Å². The van der Waals surface area contributed by atoms with Crippen LogP contribution in [0.2, 0.25) is 0 Å². The fourth-order valence-corrected chi connectivity index (χ4v) is 6.74. The van der Waals surface area contributed by atoms with Crippen LogP contribution in [0.15, 0.2) is 83.8 Å². The summed E-state index contributed by atoms with van der Waals surface area (Å²) >= 11 is 0. The molecule has 44 heavy (non-hydrogen) atoms. The van der Waals surface area contributed by atoms with Gasteiger partial charge in [-0.05, 0) is 80.5 Å². The Kier molecular flexibility index (Phi) is 12.1. The molecule has 1 fully saturated rings. The van der Waals surface area contributed by atoms with Crippen LogP contribution >= 0.6 is 0 Å². The zero-order valence-electron chi connectivity index (χ0n) is 25.5. The highest BCUT2D eigenvalue weighted by atomic mass is 32.2. The number of halogens is 1. The van der Waals surface area contributed by atoms with E-state index < -0.39 is 16.1 Å². The van der Waals surface area contributed by atoms with E-state index in [0.717, 1.165) is 18.4 Å². The van der Waals surface area contributed by atoms with Crippen LogP contribution in [-0.2, 0) is 37.3 Å². The van der Waals surface area contributed by atoms with Crippen LogP contribution < -0.4 is 5.32 Å². The second kappa shape index (κ2) is 15.9. The normalized spacial score (nSPS) is 14.5. The van der Waals surface area contributed by atoms with E-state index in [1.807, 2.05) is 44.2 Å². The minimum atomic E-state index is -3.53. The zero-order valence-corrected chi connectivity index (χ0v) is 26.3. The lowest BCUT2D eigenvalue weighted by Crippen LogP contribution is -2.44. The SMILES string of the molecule is CC(C)OCCCNC(=O)C(c1ccccc1)N(Cc1ccc(F)cc1)C(=O)CCc1ccc(S(=O)(=O)N2CCCC2)cc1. The van der Waals surface area contributed by atoms with Crippen molar-refractivity contribution in [3.8, 4) is 0 Å². The van der Waals surface area contributed by atoms with Crippen LogP contribution in [0, 0.1) is 5.82 Å². The summed E-state index contributed by atoms with van der Waals surface area (Å²) in [7, 11) is -3.53. The van der Waals surface area contributed by atoms with E-state index in [9.17, 15) is 22.4 Å². The van der Waals surface area contributed by atoms with Gasteiger partial charge in [-0.25, -0.2) is 12.8 Å². The summed E-state index contributed by atoms with van der Waals surface area (Å²) in [6, 6.07) is 20.8. The van der Waals surface area contributed by atoms with E-state index >= 15 is 0 Å². The largest absolute Gasteiger partial charge is 0.379 e. The summed E-state index contributed by atoms with van der Waals surface area (Å²) in [5.41, 5.74) is 2.16. The van der Waals surface area contributed by atoms with Crippen LogP contribution in [0.5, 0.6) is 0 Å². The summed E-state index contributed by atoms with van der Waals surface area (Å²) in [6.45, 7) is 5.97. The molecule has 3 aromatic rings. The number of ether oxygens (including phenoxy) is 1. The highest BCUT2D eigenvalue weighted by Crippen LogP contribution is 2.26. The molecule has 0 aromatic heterocycles. The van der Waals surface area contributed by atoms with Crippen molar-refractivity contribution in [2.75, 3.05) is 26.2 Å². The maximum absolute atomic E-state index is 13.9. The number of carbonyl (C=O) groups is 2. The number of hydrogen-bond donors (Lipinski definition) is 1. The molecule has 1 aliphatic rings. The van der Waals surface area contributed by atoms with Crippen LogP contribution in [0.3, 0.4) is 0 Å². The molecule has 1 aliphatic heterocycles. The standard InChI is InChI=1S/C34H42FN3O5S/c1-26(2)43-24-8-21-36-34(40)33(29-9-4-3-5-10-29)38(25-28-11-16-30(35)17-12-28)32(39)20-15-27-13-18-31(19-14-27)44(41,42)37-22-6-7-23-37/h3-5,9-14,16-19,26,33H,6-8,15,20-25H2,1-2H3,(H,36,40). The Balaban J connectivity index is 1.52. The van der Waals surface area contributed by atoms with Gasteiger partial charge in [-0.1, -0.05) is 54.6 Å². The Morgan fingerprint density at radius 1 is 0.932 bits per heavy atom. The number of amides is 2. The molecule has 0 saturated carbocycles. The number of benzene rings is 3. The van der Waals surface area contributed by atoms with E-state index in [1.54, 1.807) is 36.4 Å². The van der Waals surface area contributed by atoms with Crippen LogP contribution in [0.25, 0.3) is 0 Å². The molecule has 1 heterocycles. The van der Waals surface area contributed by atoms with Crippen LogP contribution in [0.1, 0.15) is 62.3 Å². The number of rotatable bonds is 15. The molecule has 2 amide bonds. The summed E-state index contributed by atoms with van der Waals surface area (Å²) in [4.78, 5) is 29.4. The van der Waals surface area contributed by atoms with Gasteiger partial charge >= 0.3 is 0 Å². The molecule has 0 radical (unpaired) electrons. The van der Waals surface area contributed by atoms with E-state index in [2.05, 4.69) is 5.32 Å². The third kappa shape index (κ3) is 9.20. The molecule has 236 valence electrons. The van der Waals surface area contributed by atoms with E-state index in [1.165, 1.54) is 21.3 Å². The Bertz CT molecular complexity index is 1460. The number of nitrogens with zero attached hydrogens (tertiary/aromatic N) is 2. The second-order valence-corrected chi connectivity index (χ2v) is 13.2. The molecular weight excluding hydrogens is 581 g/mol. The van der Waals surface area contributed by atoms with Crippen molar-refractivity contribution in [2.24, 2.45) is 0 Å². The minimum absolute atomic E-state index is 0.0947. The third-order valence-corrected chi connectivity index (χ3v) is 9.50. The van der Waals surface area contributed by atoms with Crippen LogP contribution in [-0.4, -0.2) is 61.8 Å². The van der Waals surface area contributed by atoms with Gasteiger partial charge in [0, 0.05) is 39.2 Å². The topological polar surface area (TPSA) is 96.0 Å². The smallest absolute Gasteiger partial charge is 0.247 e. The molecule has 0 aliphatic carbocycles. The first-order chi connectivity index (χ1) is 21.1. The maximum Gasteiger partial charge on any atom is 0.247 e. The van der Waals surface area contributed by atoms with E-state index in [4.69, 9.17) is 4.74 Å². The Labute approximate surface area is 260 Å². The average molecular weight is 624 g/mol. The highest BCUT2D eigenvalue weighted by molar-refractivity contribution is 7.89. The van der Waals surface area contributed by atoms with Crippen molar-refractivity contribution in [1.82, 2.24) is 14.5 Å². The van der Waals surface area contributed by atoms with Gasteiger partial charge in [0.1, 0.15) is 11.9 Å². The summed E-state index contributed by atoms with van der Waals surface area (Å²) in [5, 5.41) is 2.97. The third-order valence-electron chi connectivity index (χ3n) is 7.59. The van der Waals surface area contributed by atoms with Crippen LogP contribution in [0.4, 0.5) is 4.39 Å². The Morgan fingerprint density at radius 2 is 1.57 bits per heavy atom. The molecule has 3 aromatic carbocycles. The molecular formula is C34H42FN3O5S. The maximum atomic E-state index is 13.9. The lowest BCUT2D eigenvalue weighted by Gasteiger charge is -2.32. The Morgan fingerprint density at radius 3 is 2.20 bits per heavy atom. The molecule has 1 saturated heterocycles. The molecule has 1 atom stereocenters. The van der Waals surface area contributed by atoms with Crippen molar-refractivity contribution in [3.05, 3.63) is 101 Å². The van der Waals surface area contributed by atoms with Gasteiger partial charge in [-0.3, -0.25) is 9.59 Å². The first kappa shape index (κ1) is 33.3. The monoisotopic (exact) mass is 623 g/mol.